The Balaban J connectivity index is 1.39. The van der Waals surface area contributed by atoms with Gasteiger partial charge in [0, 0.05) is 50.5 Å². The average molecular weight is 386 g/mol. The zero-order chi connectivity index (χ0) is 18.6. The number of imidazole rings is 1. The van der Waals surface area contributed by atoms with Gasteiger partial charge in [-0.05, 0) is 19.1 Å². The maximum atomic E-state index is 12.4. The number of furan rings is 1. The van der Waals surface area contributed by atoms with Gasteiger partial charge in [0.05, 0.1) is 18.5 Å². The summed E-state index contributed by atoms with van der Waals surface area (Å²) in [5, 5.41) is 5.36. The van der Waals surface area contributed by atoms with Crippen molar-refractivity contribution in [1.29, 1.82) is 0 Å². The molecule has 1 N–H and O–H groups in total. The lowest BCUT2D eigenvalue weighted by atomic mass is 10.3. The fraction of sp³-hybridized carbons (Fsp3) is 0.389. The number of guanidine groups is 1. The minimum Gasteiger partial charge on any atom is -0.459 e. The molecule has 142 valence electrons. The van der Waals surface area contributed by atoms with Crippen LogP contribution in [0, 0.1) is 0 Å². The van der Waals surface area contributed by atoms with Gasteiger partial charge >= 0.3 is 0 Å². The fourth-order valence-corrected chi connectivity index (χ4v) is 3.83. The van der Waals surface area contributed by atoms with Crippen molar-refractivity contribution in [2.24, 2.45) is 4.99 Å². The molecular weight excluding hydrogens is 364 g/mol. The van der Waals surface area contributed by atoms with Gasteiger partial charge < -0.3 is 19.5 Å². The monoisotopic (exact) mass is 386 g/mol. The van der Waals surface area contributed by atoms with Gasteiger partial charge in [0.15, 0.2) is 16.7 Å². The second-order valence-corrected chi connectivity index (χ2v) is 7.12. The molecule has 0 spiro atoms. The van der Waals surface area contributed by atoms with Crippen molar-refractivity contribution >= 4 is 28.2 Å². The van der Waals surface area contributed by atoms with Gasteiger partial charge in [0.2, 0.25) is 0 Å². The molecule has 0 atom stereocenters. The topological polar surface area (TPSA) is 78.4 Å². The van der Waals surface area contributed by atoms with E-state index in [0.717, 1.165) is 36.2 Å². The number of thiazole rings is 1. The third-order valence-electron chi connectivity index (χ3n) is 4.47. The molecule has 1 amide bonds. The normalized spacial score (nSPS) is 15.5. The van der Waals surface area contributed by atoms with E-state index in [1.807, 2.05) is 27.1 Å². The Bertz CT molecular complexity index is 892. The van der Waals surface area contributed by atoms with E-state index in [2.05, 4.69) is 22.1 Å². The number of fused-ring (bicyclic) bond motifs is 1. The smallest absolute Gasteiger partial charge is 0.289 e. The highest BCUT2D eigenvalue weighted by atomic mass is 32.1. The number of nitrogens with one attached hydrogen (secondary N) is 1. The van der Waals surface area contributed by atoms with Gasteiger partial charge in [-0.3, -0.25) is 9.20 Å². The number of piperazine rings is 1. The summed E-state index contributed by atoms with van der Waals surface area (Å²) in [6.45, 7) is 6.13. The van der Waals surface area contributed by atoms with Crippen LogP contribution in [0.3, 0.4) is 0 Å². The van der Waals surface area contributed by atoms with E-state index in [-0.39, 0.29) is 5.91 Å². The van der Waals surface area contributed by atoms with E-state index in [9.17, 15) is 4.79 Å². The molecule has 8 nitrogen and oxygen atoms in total. The third-order valence-corrected chi connectivity index (χ3v) is 5.24. The number of nitrogens with zero attached hydrogens (tertiary/aromatic N) is 5. The van der Waals surface area contributed by atoms with Crippen molar-refractivity contribution in [2.45, 2.75) is 13.5 Å². The number of amides is 1. The molecule has 4 rings (SSSR count). The van der Waals surface area contributed by atoms with E-state index < -0.39 is 0 Å². The highest BCUT2D eigenvalue weighted by Gasteiger charge is 2.25. The van der Waals surface area contributed by atoms with Crippen LogP contribution >= 0.6 is 11.3 Å². The van der Waals surface area contributed by atoms with Crippen LogP contribution in [-0.4, -0.2) is 63.8 Å². The molecule has 4 heterocycles. The number of hydrogen-bond acceptors (Lipinski definition) is 5. The van der Waals surface area contributed by atoms with Crippen LogP contribution in [0.1, 0.15) is 23.2 Å². The Morgan fingerprint density at radius 2 is 2.15 bits per heavy atom. The molecule has 1 saturated heterocycles. The molecule has 0 bridgehead atoms. The van der Waals surface area contributed by atoms with Crippen LogP contribution in [0.4, 0.5) is 0 Å². The van der Waals surface area contributed by atoms with Crippen LogP contribution in [0.5, 0.6) is 0 Å². The molecule has 27 heavy (non-hydrogen) atoms. The van der Waals surface area contributed by atoms with E-state index in [0.29, 0.717) is 25.4 Å². The molecule has 0 saturated carbocycles. The molecule has 1 fully saturated rings. The van der Waals surface area contributed by atoms with Crippen LogP contribution in [-0.2, 0) is 6.54 Å². The minimum atomic E-state index is -0.0559. The summed E-state index contributed by atoms with van der Waals surface area (Å²) in [5.74, 6) is 1.20. The second kappa shape index (κ2) is 7.83. The zero-order valence-corrected chi connectivity index (χ0v) is 16.0. The number of aromatic nitrogens is 2. The summed E-state index contributed by atoms with van der Waals surface area (Å²) in [6.07, 6.45) is 5.54. The first-order chi connectivity index (χ1) is 13.2. The van der Waals surface area contributed by atoms with Crippen molar-refractivity contribution in [1.82, 2.24) is 24.5 Å². The van der Waals surface area contributed by atoms with Gasteiger partial charge in [0.1, 0.15) is 0 Å². The van der Waals surface area contributed by atoms with Crippen LogP contribution in [0.15, 0.2) is 45.6 Å². The Hall–Kier alpha value is -2.81. The molecule has 3 aromatic heterocycles. The first-order valence-corrected chi connectivity index (χ1v) is 9.89. The molecule has 1 aliphatic heterocycles. The predicted molar refractivity (Wildman–Crippen MR) is 104 cm³/mol. The molecule has 3 aromatic rings. The third kappa shape index (κ3) is 3.82. The SMILES string of the molecule is CCNC(=NCc1cn2ccsc2n1)N1CCN(C(=O)c2ccco2)CC1. The van der Waals surface area contributed by atoms with Gasteiger partial charge in [-0.15, -0.1) is 11.3 Å². The quantitative estimate of drug-likeness (QED) is 0.547. The molecule has 0 aromatic carbocycles. The van der Waals surface area contributed by atoms with E-state index in [1.54, 1.807) is 23.5 Å². The van der Waals surface area contributed by atoms with Gasteiger partial charge in [0.25, 0.3) is 5.91 Å². The Labute approximate surface area is 161 Å². The molecule has 1 aliphatic rings. The number of rotatable bonds is 4. The highest BCUT2D eigenvalue weighted by molar-refractivity contribution is 7.15. The lowest BCUT2D eigenvalue weighted by molar-refractivity contribution is 0.0657. The highest BCUT2D eigenvalue weighted by Crippen LogP contribution is 2.13. The van der Waals surface area contributed by atoms with Crippen molar-refractivity contribution in [3.8, 4) is 0 Å². The van der Waals surface area contributed by atoms with E-state index >= 15 is 0 Å². The summed E-state index contributed by atoms with van der Waals surface area (Å²) in [4.78, 5) is 26.7. The lowest BCUT2D eigenvalue weighted by Gasteiger charge is -2.36. The Kier molecular flexibility index (Phi) is 5.10. The minimum absolute atomic E-state index is 0.0559. The second-order valence-electron chi connectivity index (χ2n) is 6.25. The fourth-order valence-electron chi connectivity index (χ4n) is 3.11. The van der Waals surface area contributed by atoms with Crippen molar-refractivity contribution in [2.75, 3.05) is 32.7 Å². The zero-order valence-electron chi connectivity index (χ0n) is 15.2. The number of hydrogen-bond donors (Lipinski definition) is 1. The van der Waals surface area contributed by atoms with Crippen LogP contribution in [0.25, 0.3) is 4.96 Å². The van der Waals surface area contributed by atoms with Crippen LogP contribution < -0.4 is 5.32 Å². The Morgan fingerprint density at radius 3 is 2.85 bits per heavy atom. The van der Waals surface area contributed by atoms with E-state index in [4.69, 9.17) is 9.41 Å². The largest absolute Gasteiger partial charge is 0.459 e. The molecule has 0 unspecified atom stereocenters. The average Bonchev–Trinajstić information content (AvgIpc) is 3.42. The van der Waals surface area contributed by atoms with Crippen molar-refractivity contribution in [3.63, 3.8) is 0 Å². The molecular formula is C18H22N6O2S. The number of aliphatic imine (C=N–C) groups is 1. The molecule has 0 radical (unpaired) electrons. The van der Waals surface area contributed by atoms with Gasteiger partial charge in [-0.1, -0.05) is 0 Å². The summed E-state index contributed by atoms with van der Waals surface area (Å²) < 4.78 is 7.23. The maximum absolute atomic E-state index is 12.4. The summed E-state index contributed by atoms with van der Waals surface area (Å²) in [6, 6.07) is 3.44. The Morgan fingerprint density at radius 1 is 1.33 bits per heavy atom. The molecule has 9 heteroatoms. The van der Waals surface area contributed by atoms with Crippen molar-refractivity contribution < 1.29 is 9.21 Å². The molecule has 0 aliphatic carbocycles. The predicted octanol–water partition coefficient (Wildman–Crippen LogP) is 1.91. The first kappa shape index (κ1) is 17.6. The summed E-state index contributed by atoms with van der Waals surface area (Å²) in [7, 11) is 0. The first-order valence-electron chi connectivity index (χ1n) is 9.01. The lowest BCUT2D eigenvalue weighted by Crippen LogP contribution is -2.53. The van der Waals surface area contributed by atoms with Crippen LogP contribution in [0.2, 0.25) is 0 Å². The van der Waals surface area contributed by atoms with Gasteiger partial charge in [-0.2, -0.15) is 0 Å². The van der Waals surface area contributed by atoms with E-state index in [1.165, 1.54) is 6.26 Å². The van der Waals surface area contributed by atoms with Gasteiger partial charge in [-0.25, -0.2) is 9.98 Å². The summed E-state index contributed by atoms with van der Waals surface area (Å²) in [5.41, 5.74) is 0.948. The number of carbonyl (C=O) groups excluding carboxylic acids is 1. The summed E-state index contributed by atoms with van der Waals surface area (Å²) >= 11 is 1.61. The van der Waals surface area contributed by atoms with Crippen molar-refractivity contribution in [3.05, 3.63) is 47.6 Å². The standard InChI is InChI=1S/C18H22N6O2S/c1-2-19-17(20-12-14-13-24-9-11-27-18(24)21-14)23-7-5-22(6-8-23)16(25)15-4-3-10-26-15/h3-4,9-11,13H,2,5-8,12H2,1H3,(H,19,20). The maximum Gasteiger partial charge on any atom is 0.289 e. The number of carbonyl (C=O) groups is 1.